The standard InChI is InChI=1S/B2H2OS/c1-3-2-4/h1H2. The molecule has 0 aliphatic carbocycles. The average Bonchev–Trinajstić information content (AvgIpc) is 1.37. The summed E-state index contributed by atoms with van der Waals surface area (Å²) in [5.74, 6) is 0. The first-order valence-corrected chi connectivity index (χ1v) is 1.35. The van der Waals surface area contributed by atoms with Gasteiger partial charge < -0.3 is 0 Å². The molecule has 0 aromatic rings. The van der Waals surface area contributed by atoms with E-state index in [-0.39, 0.29) is 0 Å². The van der Waals surface area contributed by atoms with Gasteiger partial charge >= 0.3 is 31.0 Å². The van der Waals surface area contributed by atoms with Gasteiger partial charge in [-0.1, -0.05) is 0 Å². The van der Waals surface area contributed by atoms with Crippen LogP contribution in [-0.2, 0) is 4.57 Å². The van der Waals surface area contributed by atoms with Crippen molar-refractivity contribution in [2.24, 2.45) is 0 Å². The molecule has 4 heteroatoms. The summed E-state index contributed by atoms with van der Waals surface area (Å²) in [6, 6.07) is 0. The fourth-order valence-electron chi connectivity index (χ4n) is 0. The van der Waals surface area contributed by atoms with Gasteiger partial charge in [-0.05, 0) is 0 Å². The van der Waals surface area contributed by atoms with Gasteiger partial charge in [-0.15, -0.1) is 0 Å². The topological polar surface area (TPSA) is 9.23 Å². The van der Waals surface area contributed by atoms with E-state index in [1.54, 1.807) is 0 Å². The summed E-state index contributed by atoms with van der Waals surface area (Å²) in [5, 5.41) is 0. The fourth-order valence-corrected chi connectivity index (χ4v) is 0. The first-order chi connectivity index (χ1) is 1.91. The third-order valence-electron chi connectivity index (χ3n) is 0.0962. The molecule has 0 rings (SSSR count). The predicted molar refractivity (Wildman–Crippen MR) is 23.0 cm³/mol. The van der Waals surface area contributed by atoms with Crippen molar-refractivity contribution >= 4 is 26.5 Å². The quantitative estimate of drug-likeness (QED) is 0.378. The molecule has 20 valence electrons. The van der Waals surface area contributed by atoms with Crippen LogP contribution in [0.2, 0.25) is 0 Å². The predicted octanol–water partition coefficient (Wildman–Crippen LogP) is -0.717. The van der Waals surface area contributed by atoms with E-state index < -0.39 is 0 Å². The molecule has 0 aromatic carbocycles. The van der Waals surface area contributed by atoms with E-state index in [1.807, 2.05) is 0 Å². The number of hydrogen-bond acceptors (Lipinski definition) is 2. The van der Waals surface area contributed by atoms with Crippen molar-refractivity contribution in [3.05, 3.63) is 0 Å². The van der Waals surface area contributed by atoms with E-state index in [9.17, 15) is 0 Å². The van der Waals surface area contributed by atoms with Gasteiger partial charge in [0.15, 0.2) is 0 Å². The Morgan fingerprint density at radius 3 is 2.25 bits per heavy atom. The maximum absolute atomic E-state index is 4.23. The number of hydrogen-bond donors (Lipinski definition) is 0. The molecule has 0 N–H and O–H groups in total. The minimum atomic E-state index is 1.21. The van der Waals surface area contributed by atoms with Crippen LogP contribution >= 0.6 is 12.1 Å². The summed E-state index contributed by atoms with van der Waals surface area (Å²) in [7, 11) is 1.52. The molecule has 0 saturated heterocycles. The monoisotopic (exact) mass is 72.0 g/mol. The molecule has 0 radical (unpaired) electrons. The Kier molecular flexibility index (Phi) is 3.27. The maximum atomic E-state index is 4.23. The van der Waals surface area contributed by atoms with Crippen LogP contribution in [0.1, 0.15) is 0 Å². The second-order valence-corrected chi connectivity index (χ2v) is 0.524. The van der Waals surface area contributed by atoms with Crippen molar-refractivity contribution in [3.63, 3.8) is 0 Å². The molecule has 0 aliphatic rings. The molecule has 0 aliphatic heterocycles. The number of rotatable bonds is 1. The SMILES string of the molecule is BOB=S. The van der Waals surface area contributed by atoms with E-state index >= 15 is 0 Å². The van der Waals surface area contributed by atoms with Crippen molar-refractivity contribution in [1.29, 1.82) is 0 Å². The summed E-state index contributed by atoms with van der Waals surface area (Å²) >= 11 is 4.21. The van der Waals surface area contributed by atoms with Crippen LogP contribution in [0.3, 0.4) is 0 Å². The van der Waals surface area contributed by atoms with E-state index in [0.717, 1.165) is 0 Å². The Balaban J connectivity index is 2.30. The Labute approximate surface area is 31.9 Å². The molecule has 0 bridgehead atoms. The summed E-state index contributed by atoms with van der Waals surface area (Å²) < 4.78 is 4.23. The van der Waals surface area contributed by atoms with Crippen molar-refractivity contribution in [1.82, 2.24) is 0 Å². The van der Waals surface area contributed by atoms with Gasteiger partial charge in [-0.25, -0.2) is 0 Å². The molecular formula is H2B2OS. The van der Waals surface area contributed by atoms with Gasteiger partial charge in [0.25, 0.3) is 0 Å². The molecule has 1 nitrogen and oxygen atoms in total. The zero-order valence-corrected chi connectivity index (χ0v) is 3.21. The first kappa shape index (κ1) is 4.15. The average molecular weight is 71.7 g/mol. The molecule has 0 saturated carbocycles. The van der Waals surface area contributed by atoms with Gasteiger partial charge in [0.1, 0.15) is 0 Å². The Hall–Kier alpha value is 0.150. The van der Waals surface area contributed by atoms with Crippen LogP contribution in [0.5, 0.6) is 0 Å². The molecule has 0 heterocycles. The summed E-state index contributed by atoms with van der Waals surface area (Å²) in [5.41, 5.74) is 0. The van der Waals surface area contributed by atoms with Crippen molar-refractivity contribution in [2.75, 3.05) is 0 Å². The van der Waals surface area contributed by atoms with Crippen molar-refractivity contribution < 1.29 is 4.57 Å². The van der Waals surface area contributed by atoms with Gasteiger partial charge in [-0.3, -0.25) is 0 Å². The zero-order chi connectivity index (χ0) is 3.41. The van der Waals surface area contributed by atoms with Gasteiger partial charge in [0.05, 0.1) is 0 Å². The van der Waals surface area contributed by atoms with Gasteiger partial charge in [-0.2, -0.15) is 0 Å². The summed E-state index contributed by atoms with van der Waals surface area (Å²) in [6.07, 6.45) is 1.21. The van der Waals surface area contributed by atoms with Gasteiger partial charge in [0.2, 0.25) is 0 Å². The van der Waals surface area contributed by atoms with E-state index in [0.29, 0.717) is 0 Å². The first-order valence-electron chi connectivity index (χ1n) is 0.880. The Morgan fingerprint density at radius 2 is 2.25 bits per heavy atom. The molecular weight excluding hydrogens is 69.7 g/mol. The summed E-state index contributed by atoms with van der Waals surface area (Å²) in [6.45, 7) is 0. The van der Waals surface area contributed by atoms with Crippen LogP contribution < -0.4 is 0 Å². The molecule has 0 unspecified atom stereocenters. The third-order valence-corrected chi connectivity index (χ3v) is 0.289. The van der Waals surface area contributed by atoms with Crippen molar-refractivity contribution in [2.45, 2.75) is 0 Å². The second kappa shape index (κ2) is 3.15. The molecule has 0 spiro atoms. The van der Waals surface area contributed by atoms with E-state index in [4.69, 9.17) is 0 Å². The van der Waals surface area contributed by atoms with Crippen LogP contribution in [0.15, 0.2) is 0 Å². The minimum absolute atomic E-state index is 1.21. The van der Waals surface area contributed by atoms with E-state index in [1.165, 1.54) is 14.4 Å². The second-order valence-electron chi connectivity index (χ2n) is 0.332. The Bertz CT molecular complexity index is 20.0. The van der Waals surface area contributed by atoms with Crippen molar-refractivity contribution in [3.8, 4) is 0 Å². The van der Waals surface area contributed by atoms with Gasteiger partial charge in [0, 0.05) is 0 Å². The molecule has 4 heavy (non-hydrogen) atoms. The Morgan fingerprint density at radius 1 is 2.00 bits per heavy atom. The fraction of sp³-hybridized carbons (Fsp3) is 0. The zero-order valence-electron chi connectivity index (χ0n) is 2.39. The normalized spacial score (nSPS) is 4.00. The van der Waals surface area contributed by atoms with E-state index in [2.05, 4.69) is 16.6 Å². The molecule has 0 amide bonds. The summed E-state index contributed by atoms with van der Waals surface area (Å²) in [4.78, 5) is 0. The van der Waals surface area contributed by atoms with Crippen LogP contribution in [0.25, 0.3) is 0 Å². The van der Waals surface area contributed by atoms with Crippen LogP contribution in [-0.4, -0.2) is 14.4 Å². The third kappa shape index (κ3) is 2.15. The van der Waals surface area contributed by atoms with Crippen LogP contribution in [0, 0.1) is 0 Å². The molecule has 0 aromatic heterocycles. The molecule has 0 atom stereocenters. The van der Waals surface area contributed by atoms with Crippen LogP contribution in [0.4, 0.5) is 0 Å². The molecule has 0 fully saturated rings.